The van der Waals surface area contributed by atoms with Gasteiger partial charge >= 0.3 is 0 Å². The number of unbranched alkanes of at least 4 members (excludes halogenated alkanes) is 2. The van der Waals surface area contributed by atoms with Crippen LogP contribution in [0.15, 0.2) is 36.2 Å². The van der Waals surface area contributed by atoms with Gasteiger partial charge in [0.2, 0.25) is 0 Å². The van der Waals surface area contributed by atoms with Crippen LogP contribution in [0.1, 0.15) is 31.7 Å². The minimum absolute atomic E-state index is 0.0484. The molecule has 20 heavy (non-hydrogen) atoms. The van der Waals surface area contributed by atoms with E-state index in [1.165, 1.54) is 0 Å². The molecule has 0 atom stereocenters. The molecule has 0 bridgehead atoms. The zero-order valence-electron chi connectivity index (χ0n) is 11.5. The lowest BCUT2D eigenvalue weighted by atomic mass is 10.1. The molecule has 3 rings (SSSR count). The maximum absolute atomic E-state index is 9.96. The molecule has 4 heteroatoms. The first kappa shape index (κ1) is 12.7. The van der Waals surface area contributed by atoms with Crippen molar-refractivity contribution in [3.05, 3.63) is 41.8 Å². The first-order valence-electron chi connectivity index (χ1n) is 6.98. The van der Waals surface area contributed by atoms with Gasteiger partial charge in [-0.1, -0.05) is 25.8 Å². The first-order chi connectivity index (χ1) is 9.79. The Labute approximate surface area is 117 Å². The largest absolute Gasteiger partial charge is 0.480 e. The molecule has 1 aliphatic carbocycles. The van der Waals surface area contributed by atoms with Crippen LogP contribution in [-0.4, -0.2) is 19.6 Å². The van der Waals surface area contributed by atoms with Crippen LogP contribution in [0.25, 0.3) is 16.7 Å². The van der Waals surface area contributed by atoms with Crippen molar-refractivity contribution in [3.8, 4) is 6.01 Å². The van der Waals surface area contributed by atoms with Crippen molar-refractivity contribution < 1.29 is 5.11 Å². The number of imidazole rings is 1. The van der Waals surface area contributed by atoms with Crippen LogP contribution in [0.5, 0.6) is 6.01 Å². The SMILES string of the molecule is CCCCCn1c(O)nc2ncc(C3=C=CC=C3)cc21. The molecular formula is C16H17N3O. The molecule has 2 heterocycles. The molecule has 0 amide bonds. The van der Waals surface area contributed by atoms with E-state index in [1.807, 2.05) is 28.9 Å². The van der Waals surface area contributed by atoms with Crippen LogP contribution in [0.4, 0.5) is 0 Å². The van der Waals surface area contributed by atoms with Gasteiger partial charge in [-0.25, -0.2) is 4.98 Å². The highest BCUT2D eigenvalue weighted by Gasteiger charge is 2.12. The molecule has 0 spiro atoms. The lowest BCUT2D eigenvalue weighted by molar-refractivity contribution is 0.397. The van der Waals surface area contributed by atoms with E-state index >= 15 is 0 Å². The lowest BCUT2D eigenvalue weighted by Gasteiger charge is -2.05. The third-order valence-corrected chi connectivity index (χ3v) is 3.48. The molecule has 102 valence electrons. The fourth-order valence-corrected chi connectivity index (χ4v) is 2.39. The number of aryl methyl sites for hydroxylation is 1. The van der Waals surface area contributed by atoms with Gasteiger partial charge < -0.3 is 5.11 Å². The molecule has 0 saturated heterocycles. The highest BCUT2D eigenvalue weighted by molar-refractivity contribution is 5.82. The van der Waals surface area contributed by atoms with Crippen molar-refractivity contribution in [1.82, 2.24) is 14.5 Å². The monoisotopic (exact) mass is 267 g/mol. The summed E-state index contributed by atoms with van der Waals surface area (Å²) in [7, 11) is 0. The second kappa shape index (κ2) is 5.35. The number of allylic oxidation sites excluding steroid dienone is 3. The highest BCUT2D eigenvalue weighted by atomic mass is 16.3. The molecule has 2 aromatic rings. The van der Waals surface area contributed by atoms with Gasteiger partial charge in [0, 0.05) is 23.9 Å². The minimum Gasteiger partial charge on any atom is -0.480 e. The Hall–Kier alpha value is -2.32. The van der Waals surface area contributed by atoms with Gasteiger partial charge in [0.05, 0.1) is 5.52 Å². The third-order valence-electron chi connectivity index (χ3n) is 3.48. The van der Waals surface area contributed by atoms with Gasteiger partial charge in [0.1, 0.15) is 0 Å². The van der Waals surface area contributed by atoms with Crippen molar-refractivity contribution in [2.75, 3.05) is 0 Å². The smallest absolute Gasteiger partial charge is 0.296 e. The van der Waals surface area contributed by atoms with Gasteiger partial charge in [-0.05, 0) is 24.6 Å². The Morgan fingerprint density at radius 3 is 3.00 bits per heavy atom. The summed E-state index contributed by atoms with van der Waals surface area (Å²) >= 11 is 0. The standard InChI is InChI=1S/C16H17N3O/c1-2-3-6-9-19-14-10-13(12-7-4-5-8-12)11-17-15(14)18-16(19)20/h4-5,7,10-11H,2-3,6,9H2,1H3,(H,17,18,20). The predicted molar refractivity (Wildman–Crippen MR) is 79.3 cm³/mol. The van der Waals surface area contributed by atoms with Crippen molar-refractivity contribution in [2.45, 2.75) is 32.7 Å². The van der Waals surface area contributed by atoms with E-state index in [0.29, 0.717) is 5.65 Å². The number of hydrogen-bond donors (Lipinski definition) is 1. The molecule has 1 aliphatic rings. The summed E-state index contributed by atoms with van der Waals surface area (Å²) in [5.74, 6) is 0. The highest BCUT2D eigenvalue weighted by Crippen LogP contribution is 2.24. The summed E-state index contributed by atoms with van der Waals surface area (Å²) in [4.78, 5) is 8.45. The number of fused-ring (bicyclic) bond motifs is 1. The summed E-state index contributed by atoms with van der Waals surface area (Å²) in [5.41, 5.74) is 6.65. The van der Waals surface area contributed by atoms with Crippen LogP contribution in [0.2, 0.25) is 0 Å². The number of aromatic nitrogens is 3. The number of aromatic hydroxyl groups is 1. The van der Waals surface area contributed by atoms with Gasteiger partial charge in [-0.15, -0.1) is 5.73 Å². The summed E-state index contributed by atoms with van der Waals surface area (Å²) in [6.07, 6.45) is 10.9. The zero-order valence-corrected chi connectivity index (χ0v) is 11.5. The fourth-order valence-electron chi connectivity index (χ4n) is 2.39. The van der Waals surface area contributed by atoms with Gasteiger partial charge in [0.25, 0.3) is 6.01 Å². The Morgan fingerprint density at radius 2 is 2.25 bits per heavy atom. The normalized spacial score (nSPS) is 13.3. The maximum atomic E-state index is 9.96. The van der Waals surface area contributed by atoms with Gasteiger partial charge in [0.15, 0.2) is 5.65 Å². The summed E-state index contributed by atoms with van der Waals surface area (Å²) in [5, 5.41) is 9.96. The van der Waals surface area contributed by atoms with Crippen LogP contribution in [-0.2, 0) is 6.54 Å². The average molecular weight is 267 g/mol. The first-order valence-corrected chi connectivity index (χ1v) is 6.98. The Bertz CT molecular complexity index is 734. The quantitative estimate of drug-likeness (QED) is 0.667. The van der Waals surface area contributed by atoms with E-state index in [2.05, 4.69) is 22.6 Å². The van der Waals surface area contributed by atoms with E-state index in [-0.39, 0.29) is 6.01 Å². The van der Waals surface area contributed by atoms with Crippen molar-refractivity contribution in [3.63, 3.8) is 0 Å². The van der Waals surface area contributed by atoms with Crippen LogP contribution in [0.3, 0.4) is 0 Å². The summed E-state index contributed by atoms with van der Waals surface area (Å²) < 4.78 is 1.84. The van der Waals surface area contributed by atoms with E-state index in [4.69, 9.17) is 0 Å². The van der Waals surface area contributed by atoms with Gasteiger partial charge in [-0.2, -0.15) is 4.98 Å². The molecular weight excluding hydrogens is 250 g/mol. The lowest BCUT2D eigenvalue weighted by Crippen LogP contribution is -1.98. The molecule has 2 aromatic heterocycles. The number of hydrogen-bond acceptors (Lipinski definition) is 3. The fraction of sp³-hybridized carbons (Fsp3) is 0.312. The van der Waals surface area contributed by atoms with E-state index in [1.54, 1.807) is 6.20 Å². The van der Waals surface area contributed by atoms with Crippen LogP contribution >= 0.6 is 0 Å². The summed E-state index contributed by atoms with van der Waals surface area (Å²) in [6, 6.07) is 2.07. The maximum Gasteiger partial charge on any atom is 0.296 e. The van der Waals surface area contributed by atoms with Gasteiger partial charge in [-0.3, -0.25) is 4.57 Å². The molecule has 1 N–H and O–H groups in total. The Kier molecular flexibility index (Phi) is 3.40. The number of rotatable bonds is 5. The van der Waals surface area contributed by atoms with E-state index in [9.17, 15) is 5.11 Å². The third kappa shape index (κ3) is 2.26. The number of nitrogens with zero attached hydrogens (tertiary/aromatic N) is 3. The average Bonchev–Trinajstić information content (AvgIpc) is 3.07. The second-order valence-corrected chi connectivity index (χ2v) is 4.92. The molecule has 0 aliphatic heterocycles. The van der Waals surface area contributed by atoms with E-state index in [0.717, 1.165) is 42.5 Å². The molecule has 0 unspecified atom stereocenters. The van der Waals surface area contributed by atoms with Crippen molar-refractivity contribution >= 4 is 16.7 Å². The molecule has 0 saturated carbocycles. The predicted octanol–water partition coefficient (Wildman–Crippen LogP) is 3.44. The molecule has 4 nitrogen and oxygen atoms in total. The molecule has 0 radical (unpaired) electrons. The van der Waals surface area contributed by atoms with E-state index < -0.39 is 0 Å². The van der Waals surface area contributed by atoms with Crippen molar-refractivity contribution in [1.29, 1.82) is 0 Å². The van der Waals surface area contributed by atoms with Crippen LogP contribution in [0, 0.1) is 0 Å². The second-order valence-electron chi connectivity index (χ2n) is 4.92. The Morgan fingerprint density at radius 1 is 1.35 bits per heavy atom. The number of pyridine rings is 1. The summed E-state index contributed by atoms with van der Waals surface area (Å²) in [6.45, 7) is 2.93. The Balaban J connectivity index is 2.00. The molecule has 0 aromatic carbocycles. The topological polar surface area (TPSA) is 50.9 Å². The zero-order chi connectivity index (χ0) is 13.9. The molecule has 0 fully saturated rings. The van der Waals surface area contributed by atoms with Crippen molar-refractivity contribution in [2.24, 2.45) is 0 Å². The van der Waals surface area contributed by atoms with Crippen LogP contribution < -0.4 is 0 Å². The minimum atomic E-state index is 0.0484.